The van der Waals surface area contributed by atoms with Crippen LogP contribution in [-0.2, 0) is 11.2 Å². The topological polar surface area (TPSA) is 54.6 Å². The van der Waals surface area contributed by atoms with Gasteiger partial charge < -0.3 is 5.11 Å². The van der Waals surface area contributed by atoms with E-state index < -0.39 is 5.97 Å². The third-order valence-corrected chi connectivity index (χ3v) is 4.07. The van der Waals surface area contributed by atoms with E-state index in [0.717, 1.165) is 21.1 Å². The first-order valence-corrected chi connectivity index (χ1v) is 6.79. The fourth-order valence-corrected chi connectivity index (χ4v) is 3.22. The fraction of sp³-hybridized carbons (Fsp3) is 0.143. The molecule has 0 amide bonds. The van der Waals surface area contributed by atoms with Crippen LogP contribution in [0.15, 0.2) is 42.7 Å². The Morgan fingerprint density at radius 2 is 2.11 bits per heavy atom. The number of imidazole rings is 1. The van der Waals surface area contributed by atoms with Gasteiger partial charge in [-0.2, -0.15) is 0 Å². The molecule has 5 heteroatoms. The van der Waals surface area contributed by atoms with Gasteiger partial charge in [0.1, 0.15) is 0 Å². The fourth-order valence-electron chi connectivity index (χ4n) is 2.11. The highest BCUT2D eigenvalue weighted by Gasteiger charge is 2.15. The van der Waals surface area contributed by atoms with Gasteiger partial charge in [-0.1, -0.05) is 30.3 Å². The number of aryl methyl sites for hydroxylation is 1. The zero-order valence-electron chi connectivity index (χ0n) is 10.1. The number of aromatic nitrogens is 2. The van der Waals surface area contributed by atoms with Crippen molar-refractivity contribution in [1.82, 2.24) is 9.38 Å². The van der Waals surface area contributed by atoms with Crippen molar-refractivity contribution in [3.63, 3.8) is 0 Å². The van der Waals surface area contributed by atoms with E-state index in [-0.39, 0.29) is 6.42 Å². The summed E-state index contributed by atoms with van der Waals surface area (Å²) >= 11 is 1.56. The Morgan fingerprint density at radius 3 is 2.84 bits per heavy atom. The molecule has 4 nitrogen and oxygen atoms in total. The molecule has 0 bridgehead atoms. The number of fused-ring (bicyclic) bond motifs is 1. The number of hydrogen-bond acceptors (Lipinski definition) is 3. The van der Waals surface area contributed by atoms with E-state index in [9.17, 15) is 4.79 Å². The van der Waals surface area contributed by atoms with Gasteiger partial charge in [0.2, 0.25) is 0 Å². The quantitative estimate of drug-likeness (QED) is 0.794. The van der Waals surface area contributed by atoms with Crippen LogP contribution in [0.3, 0.4) is 0 Å². The molecule has 1 aromatic carbocycles. The van der Waals surface area contributed by atoms with Gasteiger partial charge in [-0.15, -0.1) is 11.3 Å². The van der Waals surface area contributed by atoms with Crippen molar-refractivity contribution in [1.29, 1.82) is 0 Å². The van der Waals surface area contributed by atoms with Crippen LogP contribution >= 0.6 is 11.3 Å². The molecule has 0 aliphatic heterocycles. The van der Waals surface area contributed by atoms with E-state index in [0.29, 0.717) is 6.42 Å². The molecule has 3 aromatic rings. The third-order valence-electron chi connectivity index (χ3n) is 2.94. The molecular weight excluding hydrogens is 260 g/mol. The number of thiazole rings is 1. The number of carbonyl (C=O) groups is 1. The molecule has 0 radical (unpaired) electrons. The lowest BCUT2D eigenvalue weighted by Gasteiger charge is -2.03. The van der Waals surface area contributed by atoms with Crippen LogP contribution in [0, 0.1) is 0 Å². The zero-order chi connectivity index (χ0) is 13.2. The Balaban J connectivity index is 2.11. The number of rotatable bonds is 4. The Bertz CT molecular complexity index is 715. The summed E-state index contributed by atoms with van der Waals surface area (Å²) in [5, 5.41) is 8.84. The van der Waals surface area contributed by atoms with Crippen molar-refractivity contribution in [3.8, 4) is 11.3 Å². The number of benzene rings is 1. The summed E-state index contributed by atoms with van der Waals surface area (Å²) in [7, 11) is 0. The molecule has 0 aliphatic rings. The van der Waals surface area contributed by atoms with Crippen molar-refractivity contribution in [3.05, 3.63) is 47.6 Å². The summed E-state index contributed by atoms with van der Waals surface area (Å²) in [6.45, 7) is 0. The number of carboxylic acids is 1. The molecule has 0 unspecified atom stereocenters. The Labute approximate surface area is 114 Å². The van der Waals surface area contributed by atoms with Gasteiger partial charge in [-0.05, 0) is 12.0 Å². The molecule has 0 saturated carbocycles. The van der Waals surface area contributed by atoms with Gasteiger partial charge in [0.15, 0.2) is 4.96 Å². The molecule has 3 rings (SSSR count). The molecule has 2 heterocycles. The molecule has 0 saturated heterocycles. The highest BCUT2D eigenvalue weighted by Crippen LogP contribution is 2.32. The van der Waals surface area contributed by atoms with Crippen LogP contribution in [-0.4, -0.2) is 20.5 Å². The predicted octanol–water partition coefficient (Wildman–Crippen LogP) is 3.08. The molecular formula is C14H12N2O2S. The van der Waals surface area contributed by atoms with Gasteiger partial charge >= 0.3 is 5.97 Å². The normalized spacial score (nSPS) is 10.9. The van der Waals surface area contributed by atoms with E-state index in [1.165, 1.54) is 0 Å². The van der Waals surface area contributed by atoms with Crippen LogP contribution < -0.4 is 0 Å². The number of hydrogen-bond donors (Lipinski definition) is 1. The summed E-state index contributed by atoms with van der Waals surface area (Å²) in [5.41, 5.74) is 2.14. The lowest BCUT2D eigenvalue weighted by Crippen LogP contribution is -1.98. The van der Waals surface area contributed by atoms with Crippen molar-refractivity contribution in [2.45, 2.75) is 12.8 Å². The van der Waals surface area contributed by atoms with Gasteiger partial charge in [0.05, 0.1) is 12.1 Å². The summed E-state index contributed by atoms with van der Waals surface area (Å²) < 4.78 is 2.02. The first kappa shape index (κ1) is 11.9. The van der Waals surface area contributed by atoms with E-state index in [2.05, 4.69) is 4.98 Å². The van der Waals surface area contributed by atoms with E-state index in [4.69, 9.17) is 5.11 Å². The second kappa shape index (κ2) is 4.85. The van der Waals surface area contributed by atoms with Crippen LogP contribution in [0.5, 0.6) is 0 Å². The maximum Gasteiger partial charge on any atom is 0.303 e. The Hall–Kier alpha value is -2.14. The lowest BCUT2D eigenvalue weighted by atomic mass is 10.1. The molecule has 0 atom stereocenters. The summed E-state index contributed by atoms with van der Waals surface area (Å²) in [4.78, 5) is 17.0. The minimum atomic E-state index is -0.773. The standard InChI is InChI=1S/C14H12N2O2S/c17-12(18)7-6-11-13(10-4-2-1-3-5-10)16-9-8-15-14(16)19-11/h1-5,8-9H,6-7H2,(H,17,18). The maximum atomic E-state index is 10.8. The van der Waals surface area contributed by atoms with Crippen LogP contribution in [0.2, 0.25) is 0 Å². The monoisotopic (exact) mass is 272 g/mol. The van der Waals surface area contributed by atoms with Crippen molar-refractivity contribution in [2.24, 2.45) is 0 Å². The molecule has 19 heavy (non-hydrogen) atoms. The van der Waals surface area contributed by atoms with Crippen LogP contribution in [0.25, 0.3) is 16.2 Å². The van der Waals surface area contributed by atoms with Gasteiger partial charge in [0.25, 0.3) is 0 Å². The molecule has 0 fully saturated rings. The summed E-state index contributed by atoms with van der Waals surface area (Å²) in [6.07, 6.45) is 4.36. The minimum Gasteiger partial charge on any atom is -0.481 e. The van der Waals surface area contributed by atoms with Gasteiger partial charge in [-0.25, -0.2) is 4.98 Å². The van der Waals surface area contributed by atoms with Crippen LogP contribution in [0.4, 0.5) is 0 Å². The number of nitrogens with zero attached hydrogens (tertiary/aromatic N) is 2. The first-order valence-electron chi connectivity index (χ1n) is 5.97. The first-order chi connectivity index (χ1) is 9.25. The average Bonchev–Trinajstić information content (AvgIpc) is 2.97. The Kier molecular flexibility index (Phi) is 3.05. The minimum absolute atomic E-state index is 0.142. The van der Waals surface area contributed by atoms with Crippen LogP contribution in [0.1, 0.15) is 11.3 Å². The smallest absolute Gasteiger partial charge is 0.303 e. The SMILES string of the molecule is O=C(O)CCc1sc2nccn2c1-c1ccccc1. The molecule has 0 aliphatic carbocycles. The van der Waals surface area contributed by atoms with E-state index in [1.807, 2.05) is 40.9 Å². The van der Waals surface area contributed by atoms with E-state index >= 15 is 0 Å². The average molecular weight is 272 g/mol. The molecule has 1 N–H and O–H groups in total. The number of carboxylic acid groups (broad SMARTS) is 1. The Morgan fingerprint density at radius 1 is 1.32 bits per heavy atom. The highest BCUT2D eigenvalue weighted by molar-refractivity contribution is 7.17. The van der Waals surface area contributed by atoms with Gasteiger partial charge in [-0.3, -0.25) is 9.20 Å². The molecule has 2 aromatic heterocycles. The maximum absolute atomic E-state index is 10.8. The third kappa shape index (κ3) is 2.24. The molecule has 0 spiro atoms. The van der Waals surface area contributed by atoms with Crippen molar-refractivity contribution >= 4 is 22.3 Å². The predicted molar refractivity (Wildman–Crippen MR) is 74.5 cm³/mol. The van der Waals surface area contributed by atoms with E-state index in [1.54, 1.807) is 17.5 Å². The highest BCUT2D eigenvalue weighted by atomic mass is 32.1. The second-order valence-corrected chi connectivity index (χ2v) is 5.28. The van der Waals surface area contributed by atoms with Crippen molar-refractivity contribution < 1.29 is 9.90 Å². The summed E-state index contributed by atoms with van der Waals surface area (Å²) in [6, 6.07) is 10.0. The zero-order valence-corrected chi connectivity index (χ0v) is 10.9. The van der Waals surface area contributed by atoms with Crippen molar-refractivity contribution in [2.75, 3.05) is 0 Å². The largest absolute Gasteiger partial charge is 0.481 e. The summed E-state index contributed by atoms with van der Waals surface area (Å²) in [5.74, 6) is -0.773. The van der Waals surface area contributed by atoms with Gasteiger partial charge in [0, 0.05) is 17.3 Å². The molecule has 96 valence electrons. The lowest BCUT2D eigenvalue weighted by molar-refractivity contribution is -0.136. The number of aliphatic carboxylic acids is 1. The second-order valence-electron chi connectivity index (χ2n) is 4.21.